The number of hydrogen-bond donors (Lipinski definition) is 1. The van der Waals surface area contributed by atoms with Gasteiger partial charge in [-0.25, -0.2) is 0 Å². The minimum Gasteiger partial charge on any atom is -0.355 e. The van der Waals surface area contributed by atoms with Gasteiger partial charge in [-0.3, -0.25) is 14.4 Å². The van der Waals surface area contributed by atoms with E-state index in [4.69, 9.17) is 4.74 Å². The minimum atomic E-state index is -1.23. The number of amides is 2. The average Bonchev–Trinajstić information content (AvgIpc) is 3.06. The third kappa shape index (κ3) is 2.59. The fourth-order valence-electron chi connectivity index (χ4n) is 6.16. The highest BCUT2D eigenvalue weighted by Gasteiger charge is 2.65. The van der Waals surface area contributed by atoms with Crippen molar-refractivity contribution in [3.8, 4) is 0 Å². The van der Waals surface area contributed by atoms with E-state index in [1.165, 1.54) is 17.7 Å². The van der Waals surface area contributed by atoms with Gasteiger partial charge in [-0.2, -0.15) is 0 Å². The molecule has 2 aliphatic heterocycles. The lowest BCUT2D eigenvalue weighted by atomic mass is 9.45. The number of carbonyl (C=O) groups is 3. The smallest absolute Gasteiger partial charge is 0.245 e. The van der Waals surface area contributed by atoms with Crippen molar-refractivity contribution < 1.29 is 19.1 Å². The molecule has 3 saturated carbocycles. The lowest BCUT2D eigenvalue weighted by Gasteiger charge is -2.60. The van der Waals surface area contributed by atoms with Crippen molar-refractivity contribution in [2.45, 2.75) is 72.6 Å². The van der Waals surface area contributed by atoms with Gasteiger partial charge in [-0.15, -0.1) is 0 Å². The molecule has 2 amide bonds. The van der Waals surface area contributed by atoms with Crippen LogP contribution in [-0.4, -0.2) is 47.4 Å². The number of Topliss-reactive ketones (excluding diaryl/α,β-unsaturated/α-hetero) is 1. The Balaban J connectivity index is 1.45. The van der Waals surface area contributed by atoms with E-state index in [9.17, 15) is 14.4 Å². The van der Waals surface area contributed by atoms with Crippen LogP contribution < -0.4 is 5.32 Å². The van der Waals surface area contributed by atoms with Crippen molar-refractivity contribution in [3.05, 3.63) is 0 Å². The van der Waals surface area contributed by atoms with E-state index in [0.717, 1.165) is 12.3 Å². The Morgan fingerprint density at radius 1 is 1.21 bits per heavy atom. The van der Waals surface area contributed by atoms with Crippen LogP contribution >= 0.6 is 0 Å². The molecule has 2 bridgehead atoms. The van der Waals surface area contributed by atoms with Gasteiger partial charge in [-0.1, -0.05) is 34.6 Å². The summed E-state index contributed by atoms with van der Waals surface area (Å²) in [5.74, 6) is -0.520. The number of nitrogens with one attached hydrogen (secondary N) is 1. The van der Waals surface area contributed by atoms with Crippen LogP contribution in [0.4, 0.5) is 0 Å². The van der Waals surface area contributed by atoms with Crippen LogP contribution in [0.15, 0.2) is 0 Å². The molecular weight excluding hydrogens is 356 g/mol. The van der Waals surface area contributed by atoms with Crippen LogP contribution in [-0.2, 0) is 19.1 Å². The van der Waals surface area contributed by atoms with Crippen molar-refractivity contribution in [1.29, 1.82) is 0 Å². The van der Waals surface area contributed by atoms with Crippen molar-refractivity contribution in [2.24, 2.45) is 34.5 Å². The van der Waals surface area contributed by atoms with Crippen molar-refractivity contribution in [3.63, 3.8) is 0 Å². The van der Waals surface area contributed by atoms with Crippen molar-refractivity contribution >= 4 is 17.6 Å². The fourth-order valence-corrected chi connectivity index (χ4v) is 6.16. The number of nitrogens with zero attached hydrogens (tertiary/aromatic N) is 1. The lowest BCUT2D eigenvalue weighted by molar-refractivity contribution is -0.148. The van der Waals surface area contributed by atoms with E-state index in [2.05, 4.69) is 19.2 Å². The highest BCUT2D eigenvalue weighted by molar-refractivity contribution is 6.25. The zero-order chi connectivity index (χ0) is 20.6. The minimum absolute atomic E-state index is 0.156. The van der Waals surface area contributed by atoms with Crippen molar-refractivity contribution in [1.82, 2.24) is 10.2 Å². The van der Waals surface area contributed by atoms with Gasteiger partial charge < -0.3 is 15.0 Å². The molecule has 2 heterocycles. The van der Waals surface area contributed by atoms with Gasteiger partial charge in [0, 0.05) is 12.0 Å². The van der Waals surface area contributed by atoms with Gasteiger partial charge in [0.25, 0.3) is 0 Å². The molecule has 3 aliphatic carbocycles. The van der Waals surface area contributed by atoms with E-state index in [1.807, 2.05) is 20.8 Å². The molecule has 5 rings (SSSR count). The molecular formula is C22H34N2O4. The Morgan fingerprint density at radius 2 is 1.89 bits per heavy atom. The maximum atomic E-state index is 13.1. The molecule has 5 fully saturated rings. The monoisotopic (exact) mass is 390 g/mol. The van der Waals surface area contributed by atoms with Crippen LogP contribution in [0.2, 0.25) is 0 Å². The molecule has 156 valence electrons. The molecule has 6 heteroatoms. The topological polar surface area (TPSA) is 75.7 Å². The molecule has 0 aromatic heterocycles. The molecule has 5 aliphatic rings. The largest absolute Gasteiger partial charge is 0.355 e. The molecule has 0 radical (unpaired) electrons. The molecule has 28 heavy (non-hydrogen) atoms. The standard InChI is InChI=1S/C22H34N2O4/c1-20(2,3)19-24-18(27)15(16(25)22(24,6)11-28-19)17(26)23-10-12-7-8-13-9-14(12)21(13,4)5/h12-15,19H,7-11H2,1-6H3,(H,23,26)/t12?,13?,14?,15?,19-,22-/m1/s1. The number of rotatable bonds is 3. The lowest BCUT2D eigenvalue weighted by Crippen LogP contribution is -2.55. The predicted molar refractivity (Wildman–Crippen MR) is 104 cm³/mol. The Bertz CT molecular complexity index is 723. The van der Waals surface area contributed by atoms with E-state index < -0.39 is 29.5 Å². The number of ketones is 1. The first-order valence-corrected chi connectivity index (χ1v) is 10.7. The first kappa shape index (κ1) is 19.9. The quantitative estimate of drug-likeness (QED) is 0.751. The van der Waals surface area contributed by atoms with Gasteiger partial charge in [0.1, 0.15) is 11.8 Å². The van der Waals surface area contributed by atoms with Crippen LogP contribution in [0.5, 0.6) is 0 Å². The van der Waals surface area contributed by atoms with Gasteiger partial charge in [0.15, 0.2) is 11.7 Å². The molecule has 1 N–H and O–H groups in total. The first-order valence-electron chi connectivity index (χ1n) is 10.7. The summed E-state index contributed by atoms with van der Waals surface area (Å²) in [6, 6.07) is 0. The molecule has 6 nitrogen and oxygen atoms in total. The van der Waals surface area contributed by atoms with Crippen molar-refractivity contribution in [2.75, 3.05) is 13.2 Å². The Kier molecular flexibility index (Phi) is 4.28. The molecule has 2 saturated heterocycles. The molecule has 4 unspecified atom stereocenters. The van der Waals surface area contributed by atoms with Crippen LogP contribution in [0.25, 0.3) is 0 Å². The number of fused-ring (bicyclic) bond motifs is 3. The summed E-state index contributed by atoms with van der Waals surface area (Å²) in [6.07, 6.45) is 3.08. The van der Waals surface area contributed by atoms with Gasteiger partial charge in [0.2, 0.25) is 11.8 Å². The van der Waals surface area contributed by atoms with E-state index in [-0.39, 0.29) is 17.8 Å². The summed E-state index contributed by atoms with van der Waals surface area (Å²) in [6.45, 7) is 13.0. The Labute approximate surface area is 167 Å². The summed E-state index contributed by atoms with van der Waals surface area (Å²) in [5, 5.41) is 2.96. The first-order chi connectivity index (χ1) is 12.9. The second-order valence-electron chi connectivity index (χ2n) is 11.3. The summed E-state index contributed by atoms with van der Waals surface area (Å²) in [4.78, 5) is 40.6. The maximum Gasteiger partial charge on any atom is 0.245 e. The van der Waals surface area contributed by atoms with E-state index in [0.29, 0.717) is 23.8 Å². The van der Waals surface area contributed by atoms with Gasteiger partial charge in [-0.05, 0) is 49.4 Å². The zero-order valence-electron chi connectivity index (χ0n) is 18.0. The average molecular weight is 391 g/mol. The molecule has 0 aromatic rings. The summed E-state index contributed by atoms with van der Waals surface area (Å²) >= 11 is 0. The maximum absolute atomic E-state index is 13.1. The van der Waals surface area contributed by atoms with Crippen LogP contribution in [0, 0.1) is 34.5 Å². The normalized spacial score (nSPS) is 41.6. The molecule has 0 aromatic carbocycles. The number of ether oxygens (including phenoxy) is 1. The SMILES string of the molecule is CC1(C)C2CCC(CNC(=O)C3C(=O)N4[C@@H](C(C)(C)C)OC[C@]4(C)C3=O)C1C2. The summed E-state index contributed by atoms with van der Waals surface area (Å²) < 4.78 is 5.81. The third-order valence-corrected chi connectivity index (χ3v) is 8.11. The van der Waals surface area contributed by atoms with Crippen LogP contribution in [0.3, 0.4) is 0 Å². The Hall–Kier alpha value is -1.43. The van der Waals surface area contributed by atoms with Crippen LogP contribution in [0.1, 0.15) is 60.8 Å². The zero-order valence-corrected chi connectivity index (χ0v) is 18.0. The number of carbonyl (C=O) groups excluding carboxylic acids is 3. The van der Waals surface area contributed by atoms with Gasteiger partial charge >= 0.3 is 0 Å². The highest BCUT2D eigenvalue weighted by Crippen LogP contribution is 2.61. The third-order valence-electron chi connectivity index (χ3n) is 8.11. The predicted octanol–water partition coefficient (Wildman–Crippen LogP) is 2.36. The fraction of sp³-hybridized carbons (Fsp3) is 0.864. The molecule has 6 atom stereocenters. The molecule has 0 spiro atoms. The second kappa shape index (κ2) is 6.04. The number of hydrogen-bond acceptors (Lipinski definition) is 4. The van der Waals surface area contributed by atoms with E-state index in [1.54, 1.807) is 6.92 Å². The Morgan fingerprint density at radius 3 is 2.46 bits per heavy atom. The summed E-state index contributed by atoms with van der Waals surface area (Å²) in [7, 11) is 0. The van der Waals surface area contributed by atoms with E-state index >= 15 is 0 Å². The highest BCUT2D eigenvalue weighted by atomic mass is 16.5. The second-order valence-corrected chi connectivity index (χ2v) is 11.3. The van der Waals surface area contributed by atoms with Gasteiger partial charge in [0.05, 0.1) is 6.61 Å². The summed E-state index contributed by atoms with van der Waals surface area (Å²) in [5.41, 5.74) is -1.02.